The highest BCUT2D eigenvalue weighted by Crippen LogP contribution is 2.48. The van der Waals surface area contributed by atoms with Crippen LogP contribution in [0.1, 0.15) is 128 Å². The molecule has 0 fully saturated rings. The summed E-state index contributed by atoms with van der Waals surface area (Å²) in [6, 6.07) is 61.0. The van der Waals surface area contributed by atoms with Gasteiger partial charge in [-0.25, -0.2) is 13.8 Å². The molecule has 2 aromatic heterocycles. The number of benzene rings is 8. The Morgan fingerprint density at radius 2 is 1.10 bits per heavy atom. The maximum absolute atomic E-state index is 15.4. The van der Waals surface area contributed by atoms with Crippen LogP contribution >= 0.6 is 0 Å². The fourth-order valence-corrected chi connectivity index (χ4v) is 11.1. The van der Waals surface area contributed by atoms with Crippen LogP contribution < -0.4 is 13.9 Å². The molecule has 1 aliphatic heterocycles. The lowest BCUT2D eigenvalue weighted by molar-refractivity contribution is 0.483. The van der Waals surface area contributed by atoms with E-state index in [1.165, 1.54) is 45.5 Å². The maximum Gasteiger partial charge on any atom is 0.503 e. The second-order valence-corrected chi connectivity index (χ2v) is 22.9. The van der Waals surface area contributed by atoms with Gasteiger partial charge < -0.3 is 4.74 Å². The highest BCUT2D eigenvalue weighted by atomic mass is 19.1. The second-order valence-electron chi connectivity index (χ2n) is 22.9. The maximum atomic E-state index is 15.4. The van der Waals surface area contributed by atoms with Crippen molar-refractivity contribution in [2.75, 3.05) is 0 Å². The molecule has 0 saturated carbocycles. The molecule has 0 atom stereocenters. The van der Waals surface area contributed by atoms with Crippen LogP contribution in [0.3, 0.4) is 0 Å². The molecule has 8 aromatic carbocycles. The van der Waals surface area contributed by atoms with E-state index in [0.717, 1.165) is 73.1 Å². The molecule has 5 nitrogen and oxygen atoms in total. The third-order valence-corrected chi connectivity index (χ3v) is 15.2. The fraction of sp³-hybridized carbons (Fsp3) is 0.229. The number of halogens is 2. The quantitative estimate of drug-likeness (QED) is 0.114. The molecular weight excluding hydrogens is 951 g/mol. The Hall–Kier alpha value is -8.25. The minimum Gasteiger partial charge on any atom is -0.457 e. The van der Waals surface area contributed by atoms with Crippen molar-refractivity contribution in [2.45, 2.75) is 105 Å². The van der Waals surface area contributed by atoms with Gasteiger partial charge in [0.2, 0.25) is 11.4 Å². The first-order valence-corrected chi connectivity index (χ1v) is 27.1. The molecule has 0 radical (unpaired) electrons. The van der Waals surface area contributed by atoms with Gasteiger partial charge in [-0.15, -0.1) is 0 Å². The Morgan fingerprint density at radius 3 is 1.74 bits per heavy atom. The first-order chi connectivity index (χ1) is 36.9. The van der Waals surface area contributed by atoms with Gasteiger partial charge in [0.1, 0.15) is 29.0 Å². The lowest BCUT2D eigenvalue weighted by Gasteiger charge is -2.20. The largest absolute Gasteiger partial charge is 0.503 e. The number of fused-ring (bicyclic) bond motifs is 4. The summed E-state index contributed by atoms with van der Waals surface area (Å²) in [5.41, 5.74) is 16.7. The Bertz CT molecular complexity index is 3960. The zero-order valence-corrected chi connectivity index (χ0v) is 46.0. The van der Waals surface area contributed by atoms with Gasteiger partial charge in [0.15, 0.2) is 0 Å². The number of hydrogen-bond acceptors (Lipinski definition) is 2. The molecule has 11 rings (SSSR count). The highest BCUT2D eigenvalue weighted by molar-refractivity contribution is 6.09. The van der Waals surface area contributed by atoms with Crippen LogP contribution in [0.25, 0.3) is 61.0 Å². The molecule has 1 aliphatic rings. The monoisotopic (exact) mass is 1020 g/mol. The van der Waals surface area contributed by atoms with Crippen molar-refractivity contribution in [3.05, 3.63) is 216 Å². The van der Waals surface area contributed by atoms with Crippen molar-refractivity contribution in [3.8, 4) is 50.7 Å². The first-order valence-electron chi connectivity index (χ1n) is 27.1. The predicted molar refractivity (Wildman–Crippen MR) is 317 cm³/mol. The molecule has 384 valence electrons. The molecule has 0 saturated heterocycles. The summed E-state index contributed by atoms with van der Waals surface area (Å²) >= 11 is 0. The van der Waals surface area contributed by atoms with E-state index >= 15 is 8.78 Å². The van der Waals surface area contributed by atoms with Crippen LogP contribution in [0, 0.1) is 11.6 Å². The summed E-state index contributed by atoms with van der Waals surface area (Å²) in [7, 11) is 0. The van der Waals surface area contributed by atoms with E-state index < -0.39 is 11.6 Å². The van der Waals surface area contributed by atoms with E-state index in [9.17, 15) is 0 Å². The molecule has 10 aromatic rings. The van der Waals surface area contributed by atoms with Gasteiger partial charge in [0, 0.05) is 47.3 Å². The Labute approximate surface area is 452 Å². The lowest BCUT2D eigenvalue weighted by atomic mass is 9.85. The van der Waals surface area contributed by atoms with Crippen LogP contribution in [0.5, 0.6) is 11.5 Å². The van der Waals surface area contributed by atoms with Gasteiger partial charge in [0.05, 0.1) is 28.2 Å². The van der Waals surface area contributed by atoms with Crippen molar-refractivity contribution >= 4 is 50.6 Å². The third-order valence-electron chi connectivity index (χ3n) is 15.2. The summed E-state index contributed by atoms with van der Waals surface area (Å²) in [5.74, 6) is 1.91. The minimum atomic E-state index is -0.643. The third kappa shape index (κ3) is 9.59. The molecule has 0 spiro atoms. The van der Waals surface area contributed by atoms with E-state index in [4.69, 9.17) is 9.72 Å². The predicted octanol–water partition coefficient (Wildman–Crippen LogP) is 19.9. The number of nitrogens with zero attached hydrogens (tertiary/aromatic N) is 4. The molecule has 0 aliphatic carbocycles. The smallest absolute Gasteiger partial charge is 0.457 e. The Morgan fingerprint density at radius 1 is 0.506 bits per heavy atom. The van der Waals surface area contributed by atoms with Crippen molar-refractivity contribution in [3.63, 3.8) is 0 Å². The molecule has 0 amide bonds. The topological polar surface area (TPSA) is 33.1 Å². The minimum absolute atomic E-state index is 0.0673. The average Bonchev–Trinajstić information content (AvgIpc) is 3.95. The number of hydrogen-bond donors (Lipinski definition) is 0. The normalized spacial score (nSPS) is 12.6. The lowest BCUT2D eigenvalue weighted by Crippen LogP contribution is -2.12. The van der Waals surface area contributed by atoms with E-state index in [0.29, 0.717) is 22.6 Å². The van der Waals surface area contributed by atoms with Gasteiger partial charge in [-0.2, -0.15) is 0 Å². The van der Waals surface area contributed by atoms with Crippen LogP contribution in [-0.4, -0.2) is 15.6 Å². The number of aromatic nitrogens is 2. The molecular formula is C70H66F2N4O+2. The molecule has 0 N–H and O–H groups in total. The van der Waals surface area contributed by atoms with E-state index in [1.54, 1.807) is 0 Å². The summed E-state index contributed by atoms with van der Waals surface area (Å²) in [6.45, 7) is 24.5. The molecule has 0 unspecified atom stereocenters. The van der Waals surface area contributed by atoms with Gasteiger partial charge in [-0.3, -0.25) is 4.57 Å². The van der Waals surface area contributed by atoms with Crippen molar-refractivity contribution in [1.82, 2.24) is 18.7 Å². The molecule has 7 heteroatoms. The summed E-state index contributed by atoms with van der Waals surface area (Å²) < 4.78 is 44.3. The molecule has 77 heavy (non-hydrogen) atoms. The zero-order chi connectivity index (χ0) is 54.0. The van der Waals surface area contributed by atoms with Crippen LogP contribution in [0.15, 0.2) is 176 Å². The van der Waals surface area contributed by atoms with E-state index in [-0.39, 0.29) is 29.1 Å². The van der Waals surface area contributed by atoms with Crippen molar-refractivity contribution < 1.29 is 13.5 Å². The van der Waals surface area contributed by atoms with Crippen molar-refractivity contribution in [1.29, 1.82) is 0 Å². The van der Waals surface area contributed by atoms with Gasteiger partial charge >= 0.3 is 6.01 Å². The Kier molecular flexibility index (Phi) is 13.2. The first kappa shape index (κ1) is 50.9. The second kappa shape index (κ2) is 20.0. The Balaban J connectivity index is 1.17. The number of pyridine rings is 1. The zero-order valence-electron chi connectivity index (χ0n) is 46.0. The van der Waals surface area contributed by atoms with Gasteiger partial charge in [-0.1, -0.05) is 149 Å². The molecule has 3 heterocycles. The van der Waals surface area contributed by atoms with Gasteiger partial charge in [0.25, 0.3) is 11.4 Å². The van der Waals surface area contributed by atoms with Crippen molar-refractivity contribution in [2.24, 2.45) is 0 Å². The number of rotatable bonds is 12. The van der Waals surface area contributed by atoms with E-state index in [2.05, 4.69) is 223 Å². The van der Waals surface area contributed by atoms with Gasteiger partial charge in [-0.05, 0) is 149 Å². The number of ether oxygens (including phenoxy) is 1. The summed E-state index contributed by atoms with van der Waals surface area (Å²) in [6.07, 6.45) is 1.91. The van der Waals surface area contributed by atoms with Crippen LogP contribution in [-0.2, 0) is 5.41 Å². The summed E-state index contributed by atoms with van der Waals surface area (Å²) in [4.78, 5) is 4.95. The van der Waals surface area contributed by atoms with E-state index in [1.807, 2.05) is 30.5 Å². The SMILES string of the molecule is CC(C)c1cc(-c2cccc(-c3cc(F)cc(F)c3)c2[N+]2=C=[N+](c3cc(Oc4ccc5c6ccccc6n(-c6cc(C(C)(C)C)ccn6)c5c4)cc(-c4c(C(C)C)cccc4C(C)C)c3)c3ccccc32)cc(C(C)C)c1. The highest BCUT2D eigenvalue weighted by Gasteiger charge is 2.40. The number of para-hydroxylation sites is 4. The standard InChI is InChI=1S/C70H66F2N4O/c1-42(2)46-30-47(43(3)4)32-48(31-46)59-21-17-22-60(49-33-52(71)38-53(72)34-49)69(59)75-41-74(64-24-14-15-25-65(64)75)54-35-50(68-57(44(5)6)19-16-20-58(68)45(7)8)36-56(39-54)77-55-26-27-62-61-18-12-13-23-63(61)76(66(62)40-55)67-37-51(28-29-73-67)70(9,10)11/h12-40,42-45H,1-11H3/q+2. The van der Waals surface area contributed by atoms with Crippen LogP contribution in [0.4, 0.5) is 31.5 Å². The van der Waals surface area contributed by atoms with Crippen LogP contribution in [0.2, 0.25) is 0 Å². The fourth-order valence-electron chi connectivity index (χ4n) is 11.1. The molecule has 0 bridgehead atoms. The average molecular weight is 1020 g/mol. The summed E-state index contributed by atoms with van der Waals surface area (Å²) in [5, 5.41) is 2.24.